The second kappa shape index (κ2) is 19.0. The average molecular weight is 590 g/mol. The lowest BCUT2D eigenvalue weighted by molar-refractivity contribution is 0.0966. The minimum Gasteiger partial charge on any atom is -0.341 e. The van der Waals surface area contributed by atoms with Crippen LogP contribution in [0.5, 0.6) is 0 Å². The maximum atomic E-state index is 13.3. The van der Waals surface area contributed by atoms with Crippen LogP contribution in [0.25, 0.3) is 21.8 Å². The van der Waals surface area contributed by atoms with E-state index in [9.17, 15) is 9.59 Å². The molecule has 0 saturated heterocycles. The van der Waals surface area contributed by atoms with E-state index in [1.165, 1.54) is 51.4 Å². The van der Waals surface area contributed by atoms with Crippen LogP contribution in [0.15, 0.2) is 36.4 Å². The molecule has 5 heteroatoms. The molecule has 0 spiro atoms. The number of carbonyl (C=O) groups is 2. The third kappa shape index (κ3) is 10.3. The van der Waals surface area contributed by atoms with E-state index in [0.29, 0.717) is 12.8 Å². The van der Waals surface area contributed by atoms with Gasteiger partial charge in [0.2, 0.25) is 0 Å². The maximum Gasteiger partial charge on any atom is 0.162 e. The summed E-state index contributed by atoms with van der Waals surface area (Å²) in [5.74, 6) is 0.432. The molecule has 0 atom stereocenters. The maximum absolute atomic E-state index is 13.3. The number of aromatic nitrogens is 1. The van der Waals surface area contributed by atoms with Gasteiger partial charge in [0.25, 0.3) is 0 Å². The summed E-state index contributed by atoms with van der Waals surface area (Å²) in [6.07, 6.45) is 12.6. The normalized spacial score (nSPS) is 11.9. The molecule has 3 rings (SSSR count). The number of hydrogen-bond donors (Lipinski definition) is 0. The van der Waals surface area contributed by atoms with E-state index in [2.05, 4.69) is 73.3 Å². The molecule has 0 unspecified atom stereocenters. The second-order valence-electron chi connectivity index (χ2n) is 12.4. The van der Waals surface area contributed by atoms with Crippen molar-refractivity contribution in [2.45, 2.75) is 118 Å². The monoisotopic (exact) mass is 589 g/mol. The summed E-state index contributed by atoms with van der Waals surface area (Å²) in [6.45, 7) is 18.5. The number of hydrogen-bond acceptors (Lipinski definition) is 4. The fourth-order valence-electron chi connectivity index (χ4n) is 6.20. The number of rotatable bonds is 23. The van der Waals surface area contributed by atoms with Gasteiger partial charge in [0, 0.05) is 52.3 Å². The van der Waals surface area contributed by atoms with Crippen LogP contribution in [0.1, 0.15) is 132 Å². The molecule has 238 valence electrons. The van der Waals surface area contributed by atoms with Gasteiger partial charge in [0.15, 0.2) is 11.6 Å². The Labute approximate surface area is 262 Å². The predicted molar refractivity (Wildman–Crippen MR) is 185 cm³/mol. The highest BCUT2D eigenvalue weighted by molar-refractivity contribution is 6.13. The van der Waals surface area contributed by atoms with E-state index in [0.717, 1.165) is 91.6 Å². The Morgan fingerprint density at radius 3 is 1.21 bits per heavy atom. The van der Waals surface area contributed by atoms with Crippen molar-refractivity contribution < 1.29 is 9.59 Å². The molecule has 0 aliphatic rings. The second-order valence-corrected chi connectivity index (χ2v) is 12.4. The summed E-state index contributed by atoms with van der Waals surface area (Å²) >= 11 is 0. The summed E-state index contributed by atoms with van der Waals surface area (Å²) in [5, 5.41) is 2.16. The number of aryl methyl sites for hydroxylation is 1. The van der Waals surface area contributed by atoms with Crippen molar-refractivity contribution in [1.82, 2.24) is 14.4 Å². The zero-order chi connectivity index (χ0) is 31.0. The summed E-state index contributed by atoms with van der Waals surface area (Å²) in [6, 6.07) is 12.3. The molecule has 3 aromatic rings. The first kappa shape index (κ1) is 35.0. The van der Waals surface area contributed by atoms with Gasteiger partial charge in [-0.05, 0) is 121 Å². The number of Topliss-reactive ketones (excluding diaryl/α,β-unsaturated/α-hetero) is 2. The molecule has 5 nitrogen and oxygen atoms in total. The van der Waals surface area contributed by atoms with Gasteiger partial charge in [-0.1, -0.05) is 53.4 Å². The Balaban J connectivity index is 1.72. The lowest BCUT2D eigenvalue weighted by Gasteiger charge is -2.21. The molecule has 0 fully saturated rings. The highest BCUT2D eigenvalue weighted by Gasteiger charge is 2.16. The standard InChI is InChI=1S/C38H59N3O2/c1-6-11-23-39(24-12-7-2)27-15-17-37(42)31-19-21-35-33(29-31)34-30-32(20-22-36(34)41(35)10-5)38(43)18-16-28-40(25-13-8-3)26-14-9-4/h19-22,29-30H,6-18,23-28H2,1-5H3. The number of ketones is 2. The third-order valence-corrected chi connectivity index (χ3v) is 8.89. The zero-order valence-electron chi connectivity index (χ0n) is 28.1. The molecule has 0 aliphatic heterocycles. The minimum absolute atomic E-state index is 0.216. The SMILES string of the molecule is CCCCN(CCCC)CCCC(=O)c1ccc2c(c1)c1cc(C(=O)CCCN(CCCC)CCCC)ccc1n2CC. The van der Waals surface area contributed by atoms with Crippen molar-refractivity contribution in [1.29, 1.82) is 0 Å². The molecular formula is C38H59N3O2. The van der Waals surface area contributed by atoms with E-state index in [1.807, 2.05) is 12.1 Å². The van der Waals surface area contributed by atoms with E-state index in [4.69, 9.17) is 0 Å². The van der Waals surface area contributed by atoms with Crippen LogP contribution in [0.2, 0.25) is 0 Å². The highest BCUT2D eigenvalue weighted by atomic mass is 16.1. The summed E-state index contributed by atoms with van der Waals surface area (Å²) in [5.41, 5.74) is 3.83. The molecule has 0 radical (unpaired) electrons. The molecule has 0 saturated carbocycles. The molecule has 1 heterocycles. The average Bonchev–Trinajstić information content (AvgIpc) is 3.34. The quantitative estimate of drug-likeness (QED) is 0.103. The van der Waals surface area contributed by atoms with Gasteiger partial charge in [-0.2, -0.15) is 0 Å². The van der Waals surface area contributed by atoms with Gasteiger partial charge >= 0.3 is 0 Å². The minimum atomic E-state index is 0.216. The Morgan fingerprint density at radius 1 is 0.535 bits per heavy atom. The van der Waals surface area contributed by atoms with E-state index >= 15 is 0 Å². The smallest absolute Gasteiger partial charge is 0.162 e. The van der Waals surface area contributed by atoms with Gasteiger partial charge in [-0.15, -0.1) is 0 Å². The number of nitrogens with zero attached hydrogens (tertiary/aromatic N) is 3. The van der Waals surface area contributed by atoms with Crippen molar-refractivity contribution >= 4 is 33.4 Å². The Hall–Kier alpha value is -2.50. The number of unbranched alkanes of at least 4 members (excludes halogenated alkanes) is 4. The van der Waals surface area contributed by atoms with E-state index in [1.54, 1.807) is 0 Å². The first-order chi connectivity index (χ1) is 21.0. The molecule has 1 aromatic heterocycles. The van der Waals surface area contributed by atoms with Gasteiger partial charge in [-0.3, -0.25) is 9.59 Å². The molecule has 0 N–H and O–H groups in total. The van der Waals surface area contributed by atoms with Crippen molar-refractivity contribution in [2.75, 3.05) is 39.3 Å². The summed E-state index contributed by atoms with van der Waals surface area (Å²) < 4.78 is 2.30. The molecular weight excluding hydrogens is 530 g/mol. The van der Waals surface area contributed by atoms with Crippen molar-refractivity contribution in [3.8, 4) is 0 Å². The number of carbonyl (C=O) groups excluding carboxylic acids is 2. The van der Waals surface area contributed by atoms with Crippen LogP contribution in [-0.2, 0) is 6.54 Å². The number of benzene rings is 2. The van der Waals surface area contributed by atoms with Crippen molar-refractivity contribution in [3.05, 3.63) is 47.5 Å². The van der Waals surface area contributed by atoms with Crippen LogP contribution in [0, 0.1) is 0 Å². The largest absolute Gasteiger partial charge is 0.341 e. The molecule has 43 heavy (non-hydrogen) atoms. The topological polar surface area (TPSA) is 45.6 Å². The molecule has 0 amide bonds. The van der Waals surface area contributed by atoms with Crippen molar-refractivity contribution in [2.24, 2.45) is 0 Å². The van der Waals surface area contributed by atoms with Gasteiger partial charge in [0.1, 0.15) is 0 Å². The van der Waals surface area contributed by atoms with Crippen LogP contribution < -0.4 is 0 Å². The van der Waals surface area contributed by atoms with Crippen LogP contribution in [-0.4, -0.2) is 65.2 Å². The fraction of sp³-hybridized carbons (Fsp3) is 0.632. The van der Waals surface area contributed by atoms with Crippen molar-refractivity contribution in [3.63, 3.8) is 0 Å². The van der Waals surface area contributed by atoms with Gasteiger partial charge < -0.3 is 14.4 Å². The number of fused-ring (bicyclic) bond motifs is 3. The molecule has 0 aliphatic carbocycles. The first-order valence-electron chi connectivity index (χ1n) is 17.5. The van der Waals surface area contributed by atoms with E-state index in [-0.39, 0.29) is 11.6 Å². The molecule has 2 aromatic carbocycles. The highest BCUT2D eigenvalue weighted by Crippen LogP contribution is 2.31. The lowest BCUT2D eigenvalue weighted by Crippen LogP contribution is -2.27. The predicted octanol–water partition coefficient (Wildman–Crippen LogP) is 9.54. The van der Waals surface area contributed by atoms with Crippen LogP contribution in [0.4, 0.5) is 0 Å². The fourth-order valence-corrected chi connectivity index (χ4v) is 6.20. The zero-order valence-corrected chi connectivity index (χ0v) is 28.1. The first-order valence-corrected chi connectivity index (χ1v) is 17.5. The lowest BCUT2D eigenvalue weighted by atomic mass is 10.0. The summed E-state index contributed by atoms with van der Waals surface area (Å²) in [7, 11) is 0. The van der Waals surface area contributed by atoms with E-state index < -0.39 is 0 Å². The van der Waals surface area contributed by atoms with Gasteiger partial charge in [0.05, 0.1) is 0 Å². The van der Waals surface area contributed by atoms with Crippen LogP contribution >= 0.6 is 0 Å². The Bertz CT molecular complexity index is 1170. The van der Waals surface area contributed by atoms with Crippen LogP contribution in [0.3, 0.4) is 0 Å². The third-order valence-electron chi connectivity index (χ3n) is 8.89. The Morgan fingerprint density at radius 2 is 0.884 bits per heavy atom. The van der Waals surface area contributed by atoms with Gasteiger partial charge in [-0.25, -0.2) is 0 Å². The Kier molecular flexibility index (Phi) is 15.5. The molecule has 0 bridgehead atoms. The summed E-state index contributed by atoms with van der Waals surface area (Å²) in [4.78, 5) is 31.7.